The van der Waals surface area contributed by atoms with E-state index in [1.165, 1.54) is 16.1 Å². The molecule has 2 aromatic carbocycles. The highest BCUT2D eigenvalue weighted by atomic mass is 32.2. The van der Waals surface area contributed by atoms with E-state index in [0.717, 1.165) is 27.2 Å². The first-order valence-corrected chi connectivity index (χ1v) is 12.9. The van der Waals surface area contributed by atoms with Gasteiger partial charge in [-0.2, -0.15) is 4.31 Å². The second-order valence-electron chi connectivity index (χ2n) is 7.61. The van der Waals surface area contributed by atoms with Crippen LogP contribution in [0.25, 0.3) is 10.9 Å². The Morgan fingerprint density at radius 3 is 2.41 bits per heavy atom. The summed E-state index contributed by atoms with van der Waals surface area (Å²) < 4.78 is 27.2. The van der Waals surface area contributed by atoms with Gasteiger partial charge in [-0.15, -0.1) is 0 Å². The van der Waals surface area contributed by atoms with E-state index in [4.69, 9.17) is 0 Å². The van der Waals surface area contributed by atoms with Crippen molar-refractivity contribution < 1.29 is 13.2 Å². The summed E-state index contributed by atoms with van der Waals surface area (Å²) in [5, 5.41) is 4.14. The number of anilines is 1. The zero-order valence-electron chi connectivity index (χ0n) is 19.0. The Kier molecular flexibility index (Phi) is 7.59. The summed E-state index contributed by atoms with van der Waals surface area (Å²) in [4.78, 5) is 17.6. The van der Waals surface area contributed by atoms with Crippen LogP contribution in [0.1, 0.15) is 31.9 Å². The molecule has 0 fully saturated rings. The van der Waals surface area contributed by atoms with Crippen LogP contribution in [0.2, 0.25) is 0 Å². The van der Waals surface area contributed by atoms with Crippen molar-refractivity contribution >= 4 is 44.3 Å². The molecule has 1 heterocycles. The van der Waals surface area contributed by atoms with Crippen molar-refractivity contribution in [3.63, 3.8) is 0 Å². The van der Waals surface area contributed by atoms with Gasteiger partial charge in [0.1, 0.15) is 0 Å². The van der Waals surface area contributed by atoms with Crippen LogP contribution in [-0.2, 0) is 14.8 Å². The molecule has 1 N–H and O–H groups in total. The molecule has 32 heavy (non-hydrogen) atoms. The van der Waals surface area contributed by atoms with Crippen LogP contribution in [0, 0.1) is 13.8 Å². The van der Waals surface area contributed by atoms with Gasteiger partial charge in [0, 0.05) is 24.2 Å². The fourth-order valence-corrected chi connectivity index (χ4v) is 5.87. The lowest BCUT2D eigenvalue weighted by atomic mass is 10.1. The first-order valence-electron chi connectivity index (χ1n) is 10.6. The van der Waals surface area contributed by atoms with E-state index in [0.29, 0.717) is 18.6 Å². The molecule has 170 valence electrons. The number of benzene rings is 2. The summed E-state index contributed by atoms with van der Waals surface area (Å²) in [7, 11) is -3.54. The summed E-state index contributed by atoms with van der Waals surface area (Å²) >= 11 is 1.38. The number of thioether (sulfide) groups is 1. The van der Waals surface area contributed by atoms with Gasteiger partial charge < -0.3 is 5.32 Å². The predicted octanol–water partition coefficient (Wildman–Crippen LogP) is 5.00. The fraction of sp³-hybridized carbons (Fsp3) is 0.333. The van der Waals surface area contributed by atoms with Crippen molar-refractivity contribution in [3.05, 3.63) is 59.7 Å². The van der Waals surface area contributed by atoms with E-state index in [1.54, 1.807) is 18.2 Å². The minimum Gasteiger partial charge on any atom is -0.325 e. The van der Waals surface area contributed by atoms with Crippen molar-refractivity contribution in [3.8, 4) is 0 Å². The van der Waals surface area contributed by atoms with Crippen molar-refractivity contribution in [1.29, 1.82) is 0 Å². The van der Waals surface area contributed by atoms with E-state index >= 15 is 0 Å². The Morgan fingerprint density at radius 1 is 1.06 bits per heavy atom. The highest BCUT2D eigenvalue weighted by Gasteiger charge is 2.22. The van der Waals surface area contributed by atoms with Gasteiger partial charge in [0.05, 0.1) is 20.7 Å². The normalized spacial score (nSPS) is 12.8. The van der Waals surface area contributed by atoms with E-state index in [1.807, 2.05) is 65.0 Å². The van der Waals surface area contributed by atoms with E-state index in [9.17, 15) is 13.2 Å². The van der Waals surface area contributed by atoms with Crippen molar-refractivity contribution in [2.45, 2.75) is 49.8 Å². The molecular formula is C24H29N3O3S2. The minimum absolute atomic E-state index is 0.0930. The summed E-state index contributed by atoms with van der Waals surface area (Å²) in [5.74, 6) is -0.0930. The van der Waals surface area contributed by atoms with Gasteiger partial charge in [-0.3, -0.25) is 4.79 Å². The molecule has 8 heteroatoms. The van der Waals surface area contributed by atoms with Gasteiger partial charge in [0.25, 0.3) is 0 Å². The Bertz CT molecular complexity index is 1240. The first kappa shape index (κ1) is 24.2. The largest absolute Gasteiger partial charge is 0.325 e. The van der Waals surface area contributed by atoms with Gasteiger partial charge in [-0.05, 0) is 62.2 Å². The molecule has 1 amide bonds. The van der Waals surface area contributed by atoms with Crippen LogP contribution in [0.15, 0.2) is 58.5 Å². The number of carbonyl (C=O) groups excluding carboxylic acids is 1. The average molecular weight is 472 g/mol. The molecule has 1 aromatic heterocycles. The standard InChI is InChI=1S/C24H29N3O3S2/c1-6-27(7-2)32(29,30)19-12-13-22-20(15-19)17(4)14-23(25-22)31-18(5)24(28)26-21-11-9-8-10-16(21)3/h8-15,18H,6-7H2,1-5H3,(H,26,28). The van der Waals surface area contributed by atoms with Crippen molar-refractivity contribution in [1.82, 2.24) is 9.29 Å². The van der Waals surface area contributed by atoms with Gasteiger partial charge in [0.2, 0.25) is 15.9 Å². The molecule has 1 unspecified atom stereocenters. The topological polar surface area (TPSA) is 79.4 Å². The number of hydrogen-bond donors (Lipinski definition) is 1. The fourth-order valence-electron chi connectivity index (χ4n) is 3.46. The van der Waals surface area contributed by atoms with Crippen LogP contribution in [0.4, 0.5) is 5.69 Å². The third kappa shape index (κ3) is 5.14. The number of fused-ring (bicyclic) bond motifs is 1. The number of nitrogens with one attached hydrogen (secondary N) is 1. The number of carbonyl (C=O) groups is 1. The van der Waals surface area contributed by atoms with Crippen LogP contribution < -0.4 is 5.32 Å². The average Bonchev–Trinajstić information content (AvgIpc) is 2.75. The molecule has 0 aliphatic heterocycles. The van der Waals surface area contributed by atoms with Crippen LogP contribution in [0.5, 0.6) is 0 Å². The molecule has 1 atom stereocenters. The maximum Gasteiger partial charge on any atom is 0.243 e. The zero-order valence-corrected chi connectivity index (χ0v) is 20.7. The quantitative estimate of drug-likeness (QED) is 0.468. The van der Waals surface area contributed by atoms with Crippen LogP contribution in [-0.4, -0.2) is 42.0 Å². The predicted molar refractivity (Wildman–Crippen MR) is 132 cm³/mol. The lowest BCUT2D eigenvalue weighted by Crippen LogP contribution is -2.30. The van der Waals surface area contributed by atoms with E-state index in [-0.39, 0.29) is 16.1 Å². The second-order valence-corrected chi connectivity index (χ2v) is 10.9. The molecule has 0 spiro atoms. The van der Waals surface area contributed by atoms with Crippen molar-refractivity contribution in [2.75, 3.05) is 18.4 Å². The number of hydrogen-bond acceptors (Lipinski definition) is 5. The second kappa shape index (κ2) is 10.0. The number of amides is 1. The molecule has 0 aliphatic carbocycles. The number of pyridine rings is 1. The SMILES string of the molecule is CCN(CC)S(=O)(=O)c1ccc2nc(SC(C)C(=O)Nc3ccccc3C)cc(C)c2c1. The smallest absolute Gasteiger partial charge is 0.243 e. The first-order chi connectivity index (χ1) is 15.2. The third-order valence-electron chi connectivity index (χ3n) is 5.38. The van der Waals surface area contributed by atoms with Gasteiger partial charge >= 0.3 is 0 Å². The van der Waals surface area contributed by atoms with Crippen LogP contribution in [0.3, 0.4) is 0 Å². The monoisotopic (exact) mass is 471 g/mol. The van der Waals surface area contributed by atoms with Crippen molar-refractivity contribution in [2.24, 2.45) is 0 Å². The number of aromatic nitrogens is 1. The zero-order chi connectivity index (χ0) is 23.5. The number of aryl methyl sites for hydroxylation is 2. The lowest BCUT2D eigenvalue weighted by Gasteiger charge is -2.19. The maximum atomic E-state index is 12.9. The highest BCUT2D eigenvalue weighted by Crippen LogP contribution is 2.29. The molecule has 0 saturated heterocycles. The van der Waals surface area contributed by atoms with Gasteiger partial charge in [-0.1, -0.05) is 43.8 Å². The molecule has 6 nitrogen and oxygen atoms in total. The Labute approximate surface area is 194 Å². The molecular weight excluding hydrogens is 442 g/mol. The summed E-state index contributed by atoms with van der Waals surface area (Å²) in [5.41, 5.74) is 3.43. The van der Waals surface area contributed by atoms with Gasteiger partial charge in [-0.25, -0.2) is 13.4 Å². The maximum absolute atomic E-state index is 12.9. The Hall–Kier alpha value is -2.42. The molecule has 0 radical (unpaired) electrons. The number of para-hydroxylation sites is 1. The number of rotatable bonds is 8. The van der Waals surface area contributed by atoms with Gasteiger partial charge in [0.15, 0.2) is 0 Å². The minimum atomic E-state index is -3.54. The molecule has 0 saturated carbocycles. The third-order valence-corrected chi connectivity index (χ3v) is 8.44. The highest BCUT2D eigenvalue weighted by molar-refractivity contribution is 8.00. The van der Waals surface area contributed by atoms with Crippen LogP contribution >= 0.6 is 11.8 Å². The Balaban J connectivity index is 1.83. The summed E-state index contributed by atoms with van der Waals surface area (Å²) in [6.07, 6.45) is 0. The Morgan fingerprint density at radius 2 is 1.75 bits per heavy atom. The summed E-state index contributed by atoms with van der Waals surface area (Å²) in [6.45, 7) is 10.2. The number of sulfonamides is 1. The van der Waals surface area contributed by atoms with E-state index < -0.39 is 10.0 Å². The summed E-state index contributed by atoms with van der Waals surface area (Å²) in [6, 6.07) is 14.6. The molecule has 0 bridgehead atoms. The lowest BCUT2D eigenvalue weighted by molar-refractivity contribution is -0.115. The molecule has 0 aliphatic rings. The van der Waals surface area contributed by atoms with E-state index in [2.05, 4.69) is 10.3 Å². The molecule has 3 rings (SSSR count). The molecule has 3 aromatic rings. The number of nitrogens with zero attached hydrogens (tertiary/aromatic N) is 2.